The molecule has 0 amide bonds. The van der Waals surface area contributed by atoms with Gasteiger partial charge in [-0.1, -0.05) is 18.7 Å². The third-order valence-corrected chi connectivity index (χ3v) is 3.93. The number of allylic oxidation sites excluding steroid dienone is 1. The Morgan fingerprint density at radius 2 is 1.77 bits per heavy atom. The van der Waals surface area contributed by atoms with Crippen molar-refractivity contribution in [2.24, 2.45) is 0 Å². The number of rotatable bonds is 8. The molecule has 0 saturated carbocycles. The van der Waals surface area contributed by atoms with Gasteiger partial charge in [0.2, 0.25) is 0 Å². The van der Waals surface area contributed by atoms with Crippen molar-refractivity contribution in [2.45, 2.75) is 6.42 Å². The molecule has 2 aromatic carbocycles. The van der Waals surface area contributed by atoms with Gasteiger partial charge >= 0.3 is 5.97 Å². The summed E-state index contributed by atoms with van der Waals surface area (Å²) < 4.78 is 21.3. The molecule has 6 heteroatoms. The van der Waals surface area contributed by atoms with Crippen LogP contribution in [0.3, 0.4) is 0 Å². The van der Waals surface area contributed by atoms with Crippen LogP contribution < -0.4 is 14.2 Å². The van der Waals surface area contributed by atoms with E-state index < -0.39 is 5.97 Å². The molecule has 0 aliphatic heterocycles. The Morgan fingerprint density at radius 1 is 1.08 bits per heavy atom. The number of ether oxygens (including phenoxy) is 4. The topological polar surface area (TPSA) is 74.2 Å². The predicted molar refractivity (Wildman–Crippen MR) is 99.6 cm³/mol. The smallest absolute Gasteiger partial charge is 0.338 e. The molecule has 26 heavy (non-hydrogen) atoms. The molecule has 2 rings (SSSR count). The van der Waals surface area contributed by atoms with Gasteiger partial charge in [0.25, 0.3) is 0 Å². The first kappa shape index (κ1) is 19.2. The predicted octanol–water partition coefficient (Wildman–Crippen LogP) is 3.64. The summed E-state index contributed by atoms with van der Waals surface area (Å²) in [5.41, 5.74) is 0.609. The van der Waals surface area contributed by atoms with Gasteiger partial charge in [0.05, 0.1) is 32.3 Å². The van der Waals surface area contributed by atoms with Gasteiger partial charge < -0.3 is 24.1 Å². The molecule has 0 radical (unpaired) electrons. The molecule has 0 atom stereocenters. The minimum Gasteiger partial charge on any atom is -0.507 e. The Balaban J connectivity index is 2.90. The Bertz CT molecular complexity index is 853. The lowest BCUT2D eigenvalue weighted by atomic mass is 9.95. The number of carbonyl (C=O) groups is 1. The molecule has 0 aliphatic rings. The first-order chi connectivity index (χ1) is 12.5. The highest BCUT2D eigenvalue weighted by Gasteiger charge is 2.24. The number of hydrogen-bond acceptors (Lipinski definition) is 6. The normalized spacial score (nSPS) is 10.3. The third-order valence-electron chi connectivity index (χ3n) is 3.93. The average molecular weight is 358 g/mol. The van der Waals surface area contributed by atoms with Crippen LogP contribution >= 0.6 is 0 Å². The summed E-state index contributed by atoms with van der Waals surface area (Å²) in [6, 6.07) is 3.24. The zero-order chi connectivity index (χ0) is 19.3. The number of phenolic OH excluding ortho intramolecular Hbond substituents is 1. The SMILES string of the molecule is C=CCOC(=O)c1cc2c(OC)cc(OC)c(OC)c2c(O)c1CC=C. The summed E-state index contributed by atoms with van der Waals surface area (Å²) >= 11 is 0. The number of esters is 1. The Morgan fingerprint density at radius 3 is 2.31 bits per heavy atom. The second-order valence-electron chi connectivity index (χ2n) is 5.37. The van der Waals surface area contributed by atoms with Crippen LogP contribution in [0.25, 0.3) is 10.8 Å². The molecule has 0 aromatic heterocycles. The molecule has 6 nitrogen and oxygen atoms in total. The zero-order valence-corrected chi connectivity index (χ0v) is 15.1. The lowest BCUT2D eigenvalue weighted by Gasteiger charge is -2.18. The van der Waals surface area contributed by atoms with Crippen LogP contribution in [0.4, 0.5) is 0 Å². The molecule has 0 fully saturated rings. The zero-order valence-electron chi connectivity index (χ0n) is 15.1. The summed E-state index contributed by atoms with van der Waals surface area (Å²) in [6.45, 7) is 7.28. The first-order valence-electron chi connectivity index (χ1n) is 7.90. The fourth-order valence-corrected chi connectivity index (χ4v) is 2.79. The summed E-state index contributed by atoms with van der Waals surface area (Å²) in [6.07, 6.45) is 3.33. The fourth-order valence-electron chi connectivity index (χ4n) is 2.79. The van der Waals surface area contributed by atoms with Crippen LogP contribution in [0.15, 0.2) is 37.4 Å². The van der Waals surface area contributed by atoms with E-state index in [-0.39, 0.29) is 24.3 Å². The van der Waals surface area contributed by atoms with Crippen LogP contribution in [0.1, 0.15) is 15.9 Å². The maximum absolute atomic E-state index is 12.5. The maximum Gasteiger partial charge on any atom is 0.338 e. The minimum absolute atomic E-state index is 0.0637. The second kappa shape index (κ2) is 8.29. The van der Waals surface area contributed by atoms with Gasteiger partial charge in [-0.05, 0) is 12.5 Å². The van der Waals surface area contributed by atoms with Crippen molar-refractivity contribution in [1.82, 2.24) is 0 Å². The van der Waals surface area contributed by atoms with Gasteiger partial charge in [-0.15, -0.1) is 6.58 Å². The largest absolute Gasteiger partial charge is 0.507 e. The van der Waals surface area contributed by atoms with Crippen molar-refractivity contribution in [3.05, 3.63) is 48.6 Å². The van der Waals surface area contributed by atoms with E-state index >= 15 is 0 Å². The molecule has 2 aromatic rings. The van der Waals surface area contributed by atoms with Gasteiger partial charge in [0.15, 0.2) is 11.5 Å². The van der Waals surface area contributed by atoms with Crippen molar-refractivity contribution in [3.8, 4) is 23.0 Å². The maximum atomic E-state index is 12.5. The van der Waals surface area contributed by atoms with E-state index in [9.17, 15) is 9.90 Å². The first-order valence-corrected chi connectivity index (χ1v) is 7.90. The molecule has 0 aliphatic carbocycles. The quantitative estimate of drug-likeness (QED) is 0.574. The Kier molecular flexibility index (Phi) is 6.11. The van der Waals surface area contributed by atoms with E-state index in [1.165, 1.54) is 27.4 Å². The molecule has 0 spiro atoms. The second-order valence-corrected chi connectivity index (χ2v) is 5.37. The van der Waals surface area contributed by atoms with E-state index in [1.54, 1.807) is 18.2 Å². The number of methoxy groups -OCH3 is 3. The highest BCUT2D eigenvalue weighted by Crippen LogP contribution is 2.47. The molecular weight excluding hydrogens is 336 g/mol. The summed E-state index contributed by atoms with van der Waals surface area (Å²) in [5, 5.41) is 11.8. The van der Waals surface area contributed by atoms with Gasteiger partial charge in [0, 0.05) is 17.0 Å². The number of carbonyl (C=O) groups excluding carboxylic acids is 1. The van der Waals surface area contributed by atoms with E-state index in [4.69, 9.17) is 18.9 Å². The highest BCUT2D eigenvalue weighted by atomic mass is 16.5. The van der Waals surface area contributed by atoms with Crippen LogP contribution in [-0.4, -0.2) is 39.0 Å². The van der Waals surface area contributed by atoms with Crippen LogP contribution in [0.2, 0.25) is 0 Å². The van der Waals surface area contributed by atoms with Crippen LogP contribution in [0.5, 0.6) is 23.0 Å². The molecule has 0 bridgehead atoms. The Labute approximate surface area is 152 Å². The summed E-state index contributed by atoms with van der Waals surface area (Å²) in [7, 11) is 4.46. The van der Waals surface area contributed by atoms with Gasteiger partial charge in [0.1, 0.15) is 18.1 Å². The van der Waals surface area contributed by atoms with Gasteiger partial charge in [-0.25, -0.2) is 4.79 Å². The van der Waals surface area contributed by atoms with Gasteiger partial charge in [-0.3, -0.25) is 0 Å². The lowest BCUT2D eigenvalue weighted by Crippen LogP contribution is -2.09. The number of benzene rings is 2. The minimum atomic E-state index is -0.573. The van der Waals surface area contributed by atoms with Crippen LogP contribution in [-0.2, 0) is 11.2 Å². The van der Waals surface area contributed by atoms with E-state index in [0.717, 1.165) is 0 Å². The summed E-state index contributed by atoms with van der Waals surface area (Å²) in [5.74, 6) is 0.490. The third kappa shape index (κ3) is 3.31. The average Bonchev–Trinajstić information content (AvgIpc) is 2.66. The van der Waals surface area contributed by atoms with E-state index in [2.05, 4.69) is 13.2 Å². The van der Waals surface area contributed by atoms with Crippen LogP contribution in [0, 0.1) is 0 Å². The fraction of sp³-hybridized carbons (Fsp3) is 0.250. The lowest BCUT2D eigenvalue weighted by molar-refractivity contribution is 0.0548. The van der Waals surface area contributed by atoms with Crippen molar-refractivity contribution in [3.63, 3.8) is 0 Å². The molecule has 0 unspecified atom stereocenters. The number of hydrogen-bond donors (Lipinski definition) is 1. The standard InChI is InChI=1S/C20H22O6/c1-6-8-12-13(20(22)26-9-7-2)10-14-15(23-3)11-16(24-4)19(25-5)17(14)18(12)21/h6-7,10-11,21H,1-2,8-9H2,3-5H3. The molecule has 138 valence electrons. The monoisotopic (exact) mass is 358 g/mol. The molecule has 0 saturated heterocycles. The number of aromatic hydroxyl groups is 1. The highest BCUT2D eigenvalue weighted by molar-refractivity contribution is 6.06. The van der Waals surface area contributed by atoms with Gasteiger partial charge in [-0.2, -0.15) is 0 Å². The Hall–Kier alpha value is -3.15. The van der Waals surface area contributed by atoms with Crippen molar-refractivity contribution in [2.75, 3.05) is 27.9 Å². The molecular formula is C20H22O6. The molecule has 1 N–H and O–H groups in total. The summed E-state index contributed by atoms with van der Waals surface area (Å²) in [4.78, 5) is 12.5. The number of fused-ring (bicyclic) bond motifs is 1. The van der Waals surface area contributed by atoms with E-state index in [0.29, 0.717) is 33.6 Å². The molecule has 0 heterocycles. The van der Waals surface area contributed by atoms with E-state index in [1.807, 2.05) is 0 Å². The van der Waals surface area contributed by atoms with Crippen molar-refractivity contribution in [1.29, 1.82) is 0 Å². The van der Waals surface area contributed by atoms with Crippen molar-refractivity contribution >= 4 is 16.7 Å². The number of phenols is 1. The van der Waals surface area contributed by atoms with Crippen molar-refractivity contribution < 1.29 is 28.8 Å².